The Morgan fingerprint density at radius 3 is 2.50 bits per heavy atom. The van der Waals surface area contributed by atoms with Crippen LogP contribution in [0.2, 0.25) is 0 Å². The predicted octanol–water partition coefficient (Wildman–Crippen LogP) is 1.78. The maximum atomic E-state index is 12.7. The molecule has 0 aromatic heterocycles. The molecule has 0 aliphatic carbocycles. The Balaban J connectivity index is 2.12. The number of carbonyl (C=O) groups is 3. The number of nitrogens with zero attached hydrogens (tertiary/aromatic N) is 1. The number of hydrogen-bond acceptors (Lipinski definition) is 3. The Morgan fingerprint density at radius 1 is 1.05 bits per heavy atom. The summed E-state index contributed by atoms with van der Waals surface area (Å²) in [5.74, 6) is -1.07. The van der Waals surface area contributed by atoms with Crippen molar-refractivity contribution in [3.8, 4) is 0 Å². The van der Waals surface area contributed by atoms with Crippen molar-refractivity contribution in [2.24, 2.45) is 0 Å². The summed E-state index contributed by atoms with van der Waals surface area (Å²) in [5.41, 5.74) is 1.82. The average molecular weight is 294 g/mol. The van der Waals surface area contributed by atoms with E-state index in [-0.39, 0.29) is 18.2 Å². The Hall–Kier alpha value is -2.95. The lowest BCUT2D eigenvalue weighted by Gasteiger charge is -2.28. The van der Waals surface area contributed by atoms with Gasteiger partial charge in [-0.2, -0.15) is 0 Å². The summed E-state index contributed by atoms with van der Waals surface area (Å²) in [6, 6.07) is 13.6. The van der Waals surface area contributed by atoms with Gasteiger partial charge >= 0.3 is 0 Å². The molecule has 1 aliphatic heterocycles. The number of imide groups is 1. The van der Waals surface area contributed by atoms with Crippen LogP contribution >= 0.6 is 0 Å². The van der Waals surface area contributed by atoms with Gasteiger partial charge in [0.05, 0.1) is 17.7 Å². The second-order valence-electron chi connectivity index (χ2n) is 4.96. The molecule has 5 nitrogen and oxygen atoms in total. The van der Waals surface area contributed by atoms with Crippen molar-refractivity contribution in [3.05, 3.63) is 65.2 Å². The molecule has 0 radical (unpaired) electrons. The van der Waals surface area contributed by atoms with Crippen molar-refractivity contribution < 1.29 is 14.4 Å². The smallest absolute Gasteiger partial charge is 0.265 e. The van der Waals surface area contributed by atoms with E-state index in [2.05, 4.69) is 5.32 Å². The number of fused-ring (bicyclic) bond motifs is 1. The third kappa shape index (κ3) is 2.16. The van der Waals surface area contributed by atoms with Crippen LogP contribution < -0.4 is 10.2 Å². The van der Waals surface area contributed by atoms with Crippen LogP contribution in [0.1, 0.15) is 26.3 Å². The molecule has 0 spiro atoms. The minimum atomic E-state index is -0.400. The van der Waals surface area contributed by atoms with Crippen LogP contribution in [0, 0.1) is 0 Å². The van der Waals surface area contributed by atoms with Gasteiger partial charge in [0, 0.05) is 12.6 Å². The quantitative estimate of drug-likeness (QED) is 0.859. The number of carbonyl (C=O) groups excluding carboxylic acids is 3. The molecule has 0 saturated carbocycles. The lowest BCUT2D eigenvalue weighted by Crippen LogP contribution is -2.43. The maximum absolute atomic E-state index is 12.7. The highest BCUT2D eigenvalue weighted by Crippen LogP contribution is 2.28. The molecule has 110 valence electrons. The van der Waals surface area contributed by atoms with Crippen LogP contribution in [-0.2, 0) is 11.2 Å². The third-order valence-corrected chi connectivity index (χ3v) is 3.66. The minimum Gasteiger partial charge on any atom is -0.355 e. The SMILES string of the molecule is CNC(=O)c1ccccc1N1C(=O)Cc2ccccc2C1=O. The van der Waals surface area contributed by atoms with Gasteiger partial charge in [0.25, 0.3) is 11.8 Å². The minimum absolute atomic E-state index is 0.143. The van der Waals surface area contributed by atoms with E-state index < -0.39 is 5.91 Å². The van der Waals surface area contributed by atoms with Crippen LogP contribution in [0.4, 0.5) is 5.69 Å². The number of hydrogen-bond donors (Lipinski definition) is 1. The number of amides is 3. The Morgan fingerprint density at radius 2 is 1.73 bits per heavy atom. The molecule has 0 saturated heterocycles. The second-order valence-corrected chi connectivity index (χ2v) is 4.96. The molecule has 0 fully saturated rings. The first-order chi connectivity index (χ1) is 10.6. The Labute approximate surface area is 127 Å². The normalized spacial score (nSPS) is 13.8. The first-order valence-electron chi connectivity index (χ1n) is 6.90. The summed E-state index contributed by atoms with van der Waals surface area (Å²) in [6.07, 6.45) is 0.143. The van der Waals surface area contributed by atoms with Crippen molar-refractivity contribution >= 4 is 23.4 Å². The summed E-state index contributed by atoms with van der Waals surface area (Å²) < 4.78 is 0. The highest BCUT2D eigenvalue weighted by atomic mass is 16.2. The number of rotatable bonds is 2. The number of nitrogens with one attached hydrogen (secondary N) is 1. The average Bonchev–Trinajstić information content (AvgIpc) is 2.54. The van der Waals surface area contributed by atoms with Crippen molar-refractivity contribution in [2.75, 3.05) is 11.9 Å². The molecule has 0 bridgehead atoms. The van der Waals surface area contributed by atoms with E-state index in [0.717, 1.165) is 4.90 Å². The lowest BCUT2D eigenvalue weighted by atomic mass is 9.97. The van der Waals surface area contributed by atoms with Gasteiger partial charge in [-0.15, -0.1) is 0 Å². The van der Waals surface area contributed by atoms with Crippen LogP contribution in [-0.4, -0.2) is 24.8 Å². The number of anilines is 1. The van der Waals surface area contributed by atoms with Crippen LogP contribution in [0.5, 0.6) is 0 Å². The molecule has 3 amide bonds. The monoisotopic (exact) mass is 294 g/mol. The van der Waals surface area contributed by atoms with Crippen LogP contribution in [0.15, 0.2) is 48.5 Å². The second kappa shape index (κ2) is 5.44. The molecule has 1 heterocycles. The van der Waals surface area contributed by atoms with E-state index in [1.807, 2.05) is 0 Å². The van der Waals surface area contributed by atoms with Gasteiger partial charge in [0.15, 0.2) is 0 Å². The topological polar surface area (TPSA) is 66.5 Å². The van der Waals surface area contributed by atoms with Crippen molar-refractivity contribution in [3.63, 3.8) is 0 Å². The molecule has 0 atom stereocenters. The predicted molar refractivity (Wildman–Crippen MR) is 81.8 cm³/mol. The van der Waals surface area contributed by atoms with E-state index in [1.165, 1.54) is 7.05 Å². The molecule has 1 aliphatic rings. The molecule has 22 heavy (non-hydrogen) atoms. The van der Waals surface area contributed by atoms with Crippen LogP contribution in [0.25, 0.3) is 0 Å². The third-order valence-electron chi connectivity index (χ3n) is 3.66. The van der Waals surface area contributed by atoms with Crippen molar-refractivity contribution in [1.29, 1.82) is 0 Å². The zero-order chi connectivity index (χ0) is 15.7. The molecule has 3 rings (SSSR count). The Bertz CT molecular complexity index is 783. The molecular weight excluding hydrogens is 280 g/mol. The fourth-order valence-corrected chi connectivity index (χ4v) is 2.60. The van der Waals surface area contributed by atoms with Gasteiger partial charge in [-0.1, -0.05) is 30.3 Å². The van der Waals surface area contributed by atoms with E-state index in [4.69, 9.17) is 0 Å². The lowest BCUT2D eigenvalue weighted by molar-refractivity contribution is -0.117. The van der Waals surface area contributed by atoms with Crippen molar-refractivity contribution in [2.45, 2.75) is 6.42 Å². The fraction of sp³-hybridized carbons (Fsp3) is 0.118. The summed E-state index contributed by atoms with van der Waals surface area (Å²) in [6.45, 7) is 0. The summed E-state index contributed by atoms with van der Waals surface area (Å²) >= 11 is 0. The highest BCUT2D eigenvalue weighted by molar-refractivity contribution is 6.26. The van der Waals surface area contributed by atoms with E-state index in [0.29, 0.717) is 22.4 Å². The van der Waals surface area contributed by atoms with Crippen molar-refractivity contribution in [1.82, 2.24) is 5.32 Å². The van der Waals surface area contributed by atoms with Gasteiger partial charge < -0.3 is 5.32 Å². The molecule has 2 aromatic rings. The summed E-state index contributed by atoms with van der Waals surface area (Å²) in [5, 5.41) is 2.52. The van der Waals surface area contributed by atoms with Gasteiger partial charge in [0.2, 0.25) is 5.91 Å². The largest absolute Gasteiger partial charge is 0.355 e. The summed E-state index contributed by atoms with van der Waals surface area (Å²) in [4.78, 5) is 38.1. The highest BCUT2D eigenvalue weighted by Gasteiger charge is 2.33. The first kappa shape index (κ1) is 14.0. The molecule has 1 N–H and O–H groups in total. The van der Waals surface area contributed by atoms with E-state index in [9.17, 15) is 14.4 Å². The van der Waals surface area contributed by atoms with E-state index >= 15 is 0 Å². The zero-order valence-corrected chi connectivity index (χ0v) is 12.0. The molecule has 0 unspecified atom stereocenters. The molecule has 5 heteroatoms. The zero-order valence-electron chi connectivity index (χ0n) is 12.0. The van der Waals surface area contributed by atoms with Crippen LogP contribution in [0.3, 0.4) is 0 Å². The van der Waals surface area contributed by atoms with Gasteiger partial charge in [-0.05, 0) is 23.8 Å². The van der Waals surface area contributed by atoms with Gasteiger partial charge in [-0.25, -0.2) is 4.90 Å². The Kier molecular flexibility index (Phi) is 3.47. The summed E-state index contributed by atoms with van der Waals surface area (Å²) in [7, 11) is 1.51. The van der Waals surface area contributed by atoms with Gasteiger partial charge in [0.1, 0.15) is 0 Å². The van der Waals surface area contributed by atoms with E-state index in [1.54, 1.807) is 48.5 Å². The fourth-order valence-electron chi connectivity index (χ4n) is 2.60. The number of para-hydroxylation sites is 1. The molecule has 2 aromatic carbocycles. The molecular formula is C17H14N2O3. The van der Waals surface area contributed by atoms with Gasteiger partial charge in [-0.3, -0.25) is 14.4 Å². The number of benzene rings is 2. The maximum Gasteiger partial charge on any atom is 0.265 e. The standard InChI is InChI=1S/C17H14N2O3/c1-18-16(21)13-8-4-5-9-14(13)19-15(20)10-11-6-2-3-7-12(11)17(19)22/h2-9H,10H2,1H3,(H,18,21). The first-order valence-corrected chi connectivity index (χ1v) is 6.90.